The van der Waals surface area contributed by atoms with Crippen LogP contribution in [-0.2, 0) is 14.9 Å². The number of rotatable bonds is 4. The molecule has 0 spiro atoms. The normalized spacial score (nSPS) is 20.4. The Hall–Kier alpha value is -1.85. The molecule has 4 rings (SSSR count). The quantitative estimate of drug-likeness (QED) is 0.791. The van der Waals surface area contributed by atoms with Crippen molar-refractivity contribution in [3.63, 3.8) is 0 Å². The number of ether oxygens (including phenoxy) is 2. The highest BCUT2D eigenvalue weighted by molar-refractivity contribution is 7.07. The zero-order valence-corrected chi connectivity index (χ0v) is 16.7. The first kappa shape index (κ1) is 18.5. The number of carbonyl (C=O) groups is 1. The average Bonchev–Trinajstić information content (AvgIpc) is 3.29. The summed E-state index contributed by atoms with van der Waals surface area (Å²) in [5.74, 6) is 1.64. The van der Waals surface area contributed by atoms with Crippen LogP contribution in [0.2, 0.25) is 0 Å². The number of para-hydroxylation sites is 1. The molecule has 5 heteroatoms. The van der Waals surface area contributed by atoms with Crippen LogP contribution in [0, 0.1) is 0 Å². The third kappa shape index (κ3) is 3.50. The van der Waals surface area contributed by atoms with Crippen LogP contribution in [0.3, 0.4) is 0 Å². The number of methoxy groups -OCH3 is 1. The van der Waals surface area contributed by atoms with Crippen LogP contribution in [0.15, 0.2) is 41.1 Å². The summed E-state index contributed by atoms with van der Waals surface area (Å²) in [6, 6.07) is 10.2. The van der Waals surface area contributed by atoms with Crippen LogP contribution in [0.25, 0.3) is 0 Å². The minimum Gasteiger partial charge on any atom is -0.496 e. The highest BCUT2D eigenvalue weighted by Gasteiger charge is 2.46. The first-order chi connectivity index (χ1) is 13.2. The Morgan fingerprint density at radius 2 is 1.93 bits per heavy atom. The molecule has 0 N–H and O–H groups in total. The summed E-state index contributed by atoms with van der Waals surface area (Å²) in [5.41, 5.74) is 1.92. The van der Waals surface area contributed by atoms with Gasteiger partial charge in [0.2, 0.25) is 5.91 Å². The molecule has 3 heterocycles. The molecule has 2 saturated heterocycles. The van der Waals surface area contributed by atoms with Crippen molar-refractivity contribution in [2.24, 2.45) is 0 Å². The van der Waals surface area contributed by atoms with Gasteiger partial charge in [0, 0.05) is 31.9 Å². The van der Waals surface area contributed by atoms with E-state index >= 15 is 0 Å². The van der Waals surface area contributed by atoms with Gasteiger partial charge in [-0.05, 0) is 60.1 Å². The molecule has 0 unspecified atom stereocenters. The number of nitrogens with zero attached hydrogens (tertiary/aromatic N) is 1. The van der Waals surface area contributed by atoms with Crippen molar-refractivity contribution in [3.8, 4) is 5.75 Å². The molecule has 2 aromatic rings. The molecule has 1 amide bonds. The first-order valence-electron chi connectivity index (χ1n) is 9.77. The van der Waals surface area contributed by atoms with E-state index in [0.29, 0.717) is 19.1 Å². The van der Waals surface area contributed by atoms with E-state index in [-0.39, 0.29) is 5.91 Å². The SMILES string of the molecule is COc1ccccc1C1(C(=O)N2CCC(c3ccsc3)CC2)CCOCC1. The first-order valence-corrected chi connectivity index (χ1v) is 10.7. The van der Waals surface area contributed by atoms with Gasteiger partial charge in [0.25, 0.3) is 0 Å². The fraction of sp³-hybridized carbons (Fsp3) is 0.500. The van der Waals surface area contributed by atoms with Gasteiger partial charge in [-0.1, -0.05) is 18.2 Å². The van der Waals surface area contributed by atoms with E-state index in [1.165, 1.54) is 5.56 Å². The molecule has 0 aliphatic carbocycles. The molecular formula is C22H27NO3S. The molecule has 0 bridgehead atoms. The summed E-state index contributed by atoms with van der Waals surface area (Å²) in [5, 5.41) is 4.39. The second-order valence-electron chi connectivity index (χ2n) is 7.52. The maximum Gasteiger partial charge on any atom is 0.233 e. The summed E-state index contributed by atoms with van der Waals surface area (Å²) in [4.78, 5) is 15.8. The fourth-order valence-corrected chi connectivity index (χ4v) is 5.33. The molecule has 144 valence electrons. The maximum atomic E-state index is 13.8. The van der Waals surface area contributed by atoms with E-state index in [2.05, 4.69) is 27.8 Å². The Bertz CT molecular complexity index is 760. The molecule has 2 fully saturated rings. The van der Waals surface area contributed by atoms with Crippen molar-refractivity contribution in [3.05, 3.63) is 52.2 Å². The number of hydrogen-bond donors (Lipinski definition) is 0. The van der Waals surface area contributed by atoms with Crippen molar-refractivity contribution in [2.45, 2.75) is 37.0 Å². The van der Waals surface area contributed by atoms with Crippen molar-refractivity contribution in [2.75, 3.05) is 33.4 Å². The van der Waals surface area contributed by atoms with Gasteiger partial charge in [-0.15, -0.1) is 0 Å². The Labute approximate surface area is 165 Å². The standard InChI is InChI=1S/C22H27NO3S/c1-25-20-5-3-2-4-19(20)22(9-13-26-14-10-22)21(24)23-11-6-17(7-12-23)18-8-15-27-16-18/h2-5,8,15-17H,6-7,9-14H2,1H3. The van der Waals surface area contributed by atoms with Crippen molar-refractivity contribution in [1.29, 1.82) is 0 Å². The van der Waals surface area contributed by atoms with Crippen LogP contribution >= 0.6 is 11.3 Å². The van der Waals surface area contributed by atoms with Crippen molar-refractivity contribution < 1.29 is 14.3 Å². The lowest BCUT2D eigenvalue weighted by Gasteiger charge is -2.42. The second-order valence-corrected chi connectivity index (χ2v) is 8.30. The van der Waals surface area contributed by atoms with Crippen molar-refractivity contribution in [1.82, 2.24) is 4.90 Å². The smallest absolute Gasteiger partial charge is 0.233 e. The molecule has 0 radical (unpaired) electrons. The Morgan fingerprint density at radius 3 is 2.59 bits per heavy atom. The highest BCUT2D eigenvalue weighted by atomic mass is 32.1. The molecule has 0 saturated carbocycles. The Kier molecular flexibility index (Phi) is 5.50. The Balaban J connectivity index is 1.57. The van der Waals surface area contributed by atoms with Gasteiger partial charge in [-0.2, -0.15) is 11.3 Å². The number of carbonyl (C=O) groups excluding carboxylic acids is 1. The summed E-state index contributed by atoms with van der Waals surface area (Å²) in [7, 11) is 1.68. The third-order valence-corrected chi connectivity index (χ3v) is 6.88. The number of amides is 1. The topological polar surface area (TPSA) is 38.8 Å². The monoisotopic (exact) mass is 385 g/mol. The lowest BCUT2D eigenvalue weighted by Crippen LogP contribution is -2.52. The molecule has 2 aliphatic rings. The average molecular weight is 386 g/mol. The highest BCUT2D eigenvalue weighted by Crippen LogP contribution is 2.42. The van der Waals surface area contributed by atoms with Gasteiger partial charge in [0.15, 0.2) is 0 Å². The van der Waals surface area contributed by atoms with Gasteiger partial charge < -0.3 is 14.4 Å². The fourth-order valence-electron chi connectivity index (χ4n) is 4.58. The van der Waals surface area contributed by atoms with E-state index in [4.69, 9.17) is 9.47 Å². The summed E-state index contributed by atoms with van der Waals surface area (Å²) >= 11 is 1.76. The van der Waals surface area contributed by atoms with Crippen LogP contribution in [-0.4, -0.2) is 44.2 Å². The van der Waals surface area contributed by atoms with Crippen LogP contribution < -0.4 is 4.74 Å². The number of thiophene rings is 1. The minimum absolute atomic E-state index is 0.249. The predicted molar refractivity (Wildman–Crippen MR) is 108 cm³/mol. The van der Waals surface area contributed by atoms with E-state index < -0.39 is 5.41 Å². The summed E-state index contributed by atoms with van der Waals surface area (Å²) < 4.78 is 11.2. The van der Waals surface area contributed by atoms with Crippen LogP contribution in [0.4, 0.5) is 0 Å². The summed E-state index contributed by atoms with van der Waals surface area (Å²) in [6.45, 7) is 2.90. The molecule has 2 aliphatic heterocycles. The number of likely N-dealkylation sites (tertiary alicyclic amines) is 1. The summed E-state index contributed by atoms with van der Waals surface area (Å²) in [6.07, 6.45) is 3.52. The lowest BCUT2D eigenvalue weighted by atomic mass is 9.72. The molecule has 27 heavy (non-hydrogen) atoms. The van der Waals surface area contributed by atoms with E-state index in [1.54, 1.807) is 18.4 Å². The number of benzene rings is 1. The van der Waals surface area contributed by atoms with E-state index in [0.717, 1.165) is 50.1 Å². The maximum absolute atomic E-state index is 13.8. The second kappa shape index (κ2) is 8.03. The predicted octanol–water partition coefficient (Wildman–Crippen LogP) is 4.21. The van der Waals surface area contributed by atoms with Gasteiger partial charge >= 0.3 is 0 Å². The van der Waals surface area contributed by atoms with Gasteiger partial charge in [0.05, 0.1) is 12.5 Å². The molecular weight excluding hydrogens is 358 g/mol. The number of hydrogen-bond acceptors (Lipinski definition) is 4. The van der Waals surface area contributed by atoms with Gasteiger partial charge in [0.1, 0.15) is 5.75 Å². The molecule has 4 nitrogen and oxygen atoms in total. The van der Waals surface area contributed by atoms with Gasteiger partial charge in [-0.3, -0.25) is 4.79 Å². The zero-order valence-electron chi connectivity index (χ0n) is 15.9. The third-order valence-electron chi connectivity index (χ3n) is 6.18. The van der Waals surface area contributed by atoms with E-state index in [1.807, 2.05) is 18.2 Å². The Morgan fingerprint density at radius 1 is 1.19 bits per heavy atom. The molecule has 1 aromatic carbocycles. The van der Waals surface area contributed by atoms with E-state index in [9.17, 15) is 4.79 Å². The minimum atomic E-state index is -0.528. The van der Waals surface area contributed by atoms with Crippen LogP contribution in [0.5, 0.6) is 5.75 Å². The lowest BCUT2D eigenvalue weighted by molar-refractivity contribution is -0.142. The van der Waals surface area contributed by atoms with Gasteiger partial charge in [-0.25, -0.2) is 0 Å². The largest absolute Gasteiger partial charge is 0.496 e. The molecule has 1 aromatic heterocycles. The van der Waals surface area contributed by atoms with Crippen molar-refractivity contribution >= 4 is 17.2 Å². The molecule has 0 atom stereocenters. The number of piperidine rings is 1. The van der Waals surface area contributed by atoms with Crippen LogP contribution in [0.1, 0.15) is 42.7 Å². The zero-order chi connectivity index (χ0) is 18.7.